The van der Waals surface area contributed by atoms with E-state index in [-0.39, 0.29) is 0 Å². The molecule has 0 aromatic carbocycles. The topological polar surface area (TPSA) is 30.2 Å². The van der Waals surface area contributed by atoms with E-state index >= 15 is 0 Å². The van der Waals surface area contributed by atoms with Crippen molar-refractivity contribution in [2.75, 3.05) is 18.0 Å². The number of nitrogens with zero attached hydrogens (tertiary/aromatic N) is 2. The molecule has 14 heavy (non-hydrogen) atoms. The summed E-state index contributed by atoms with van der Waals surface area (Å²) in [5, 5.41) is 10.9. The van der Waals surface area contributed by atoms with Gasteiger partial charge in [0.2, 0.25) is 0 Å². The monoisotopic (exact) mass is 192 g/mol. The van der Waals surface area contributed by atoms with Gasteiger partial charge in [-0.1, -0.05) is 6.92 Å². The fourth-order valence-electron chi connectivity index (χ4n) is 2.04. The second-order valence-corrected chi connectivity index (χ2v) is 4.11. The first-order valence-corrected chi connectivity index (χ1v) is 5.19. The zero-order chi connectivity index (χ0) is 9.97. The highest BCUT2D eigenvalue weighted by atomic mass is 16.5. The highest BCUT2D eigenvalue weighted by Crippen LogP contribution is 2.21. The van der Waals surface area contributed by atoms with Gasteiger partial charge in [-0.2, -0.15) is 4.73 Å². The van der Waals surface area contributed by atoms with Crippen LogP contribution in [-0.2, 0) is 0 Å². The molecule has 3 heteroatoms. The van der Waals surface area contributed by atoms with Crippen molar-refractivity contribution in [3.8, 4) is 0 Å². The van der Waals surface area contributed by atoms with Gasteiger partial charge in [-0.05, 0) is 18.8 Å². The first-order valence-electron chi connectivity index (χ1n) is 5.19. The van der Waals surface area contributed by atoms with E-state index < -0.39 is 0 Å². The van der Waals surface area contributed by atoms with Gasteiger partial charge in [-0.3, -0.25) is 0 Å². The predicted octanol–water partition coefficient (Wildman–Crippen LogP) is 1.56. The molecule has 2 heterocycles. The molecule has 3 nitrogen and oxygen atoms in total. The summed E-state index contributed by atoms with van der Waals surface area (Å²) in [7, 11) is 0. The normalized spacial score (nSPS) is 22.4. The molecule has 0 N–H and O–H groups in total. The van der Waals surface area contributed by atoms with Gasteiger partial charge in [0.25, 0.3) is 0 Å². The molecule has 0 saturated carbocycles. The molecule has 2 rings (SSSR count). The molecule has 1 saturated heterocycles. The average Bonchev–Trinajstić information content (AvgIpc) is 2.19. The largest absolute Gasteiger partial charge is 0.619 e. The third kappa shape index (κ3) is 1.97. The predicted molar refractivity (Wildman–Crippen MR) is 56.0 cm³/mol. The number of pyridine rings is 1. The van der Waals surface area contributed by atoms with Crippen LogP contribution >= 0.6 is 0 Å². The minimum Gasteiger partial charge on any atom is -0.619 e. The minimum absolute atomic E-state index is 0.767. The number of aromatic nitrogens is 1. The van der Waals surface area contributed by atoms with Crippen LogP contribution in [0.5, 0.6) is 0 Å². The van der Waals surface area contributed by atoms with Crippen molar-refractivity contribution in [3.63, 3.8) is 0 Å². The number of anilines is 1. The Morgan fingerprint density at radius 1 is 1.43 bits per heavy atom. The maximum absolute atomic E-state index is 10.9. The van der Waals surface area contributed by atoms with Crippen LogP contribution in [0, 0.1) is 11.1 Å². The van der Waals surface area contributed by atoms with Gasteiger partial charge in [0, 0.05) is 30.9 Å². The molecule has 0 spiro atoms. The average molecular weight is 192 g/mol. The van der Waals surface area contributed by atoms with Crippen molar-refractivity contribution >= 4 is 5.69 Å². The third-order valence-electron chi connectivity index (χ3n) is 2.81. The smallest absolute Gasteiger partial charge is 0.182 e. The van der Waals surface area contributed by atoms with E-state index in [0.29, 0.717) is 0 Å². The molecule has 0 radical (unpaired) electrons. The number of hydrogen-bond donors (Lipinski definition) is 0. The first kappa shape index (κ1) is 9.31. The van der Waals surface area contributed by atoms with E-state index in [4.69, 9.17) is 0 Å². The summed E-state index contributed by atoms with van der Waals surface area (Å²) >= 11 is 0. The van der Waals surface area contributed by atoms with Crippen LogP contribution in [0.15, 0.2) is 24.5 Å². The lowest BCUT2D eigenvalue weighted by Crippen LogP contribution is -2.35. The van der Waals surface area contributed by atoms with Gasteiger partial charge < -0.3 is 10.1 Å². The van der Waals surface area contributed by atoms with Crippen LogP contribution < -0.4 is 9.63 Å². The molecule has 1 aromatic rings. The lowest BCUT2D eigenvalue weighted by atomic mass is 10.00. The van der Waals surface area contributed by atoms with Gasteiger partial charge in [0.1, 0.15) is 0 Å². The molecule has 0 amide bonds. The zero-order valence-electron chi connectivity index (χ0n) is 8.52. The molecule has 1 fully saturated rings. The van der Waals surface area contributed by atoms with Crippen LogP contribution in [0.4, 0.5) is 5.69 Å². The lowest BCUT2D eigenvalue weighted by Gasteiger charge is -2.32. The van der Waals surface area contributed by atoms with E-state index in [9.17, 15) is 5.21 Å². The van der Waals surface area contributed by atoms with Crippen molar-refractivity contribution in [2.24, 2.45) is 5.92 Å². The summed E-state index contributed by atoms with van der Waals surface area (Å²) in [4.78, 5) is 2.36. The van der Waals surface area contributed by atoms with E-state index in [1.54, 1.807) is 12.4 Å². The maximum Gasteiger partial charge on any atom is 0.182 e. The Morgan fingerprint density at radius 3 is 2.79 bits per heavy atom. The molecule has 1 atom stereocenters. The fourth-order valence-corrected chi connectivity index (χ4v) is 2.04. The van der Waals surface area contributed by atoms with Crippen LogP contribution in [0.1, 0.15) is 19.8 Å². The zero-order valence-corrected chi connectivity index (χ0v) is 8.52. The Morgan fingerprint density at radius 2 is 2.14 bits per heavy atom. The Hall–Kier alpha value is -1.25. The summed E-state index contributed by atoms with van der Waals surface area (Å²) in [6.07, 6.45) is 5.71. The van der Waals surface area contributed by atoms with E-state index in [1.807, 2.05) is 12.1 Å². The SMILES string of the molecule is CC1CCCN(c2cc[n+]([O-])cc2)C1. The molecular formula is C11H16N2O. The van der Waals surface area contributed by atoms with Gasteiger partial charge >= 0.3 is 0 Å². The van der Waals surface area contributed by atoms with Crippen LogP contribution in [0.3, 0.4) is 0 Å². The Bertz CT molecular complexity index is 297. The van der Waals surface area contributed by atoms with E-state index in [1.165, 1.54) is 18.5 Å². The van der Waals surface area contributed by atoms with Crippen LogP contribution in [0.2, 0.25) is 0 Å². The summed E-state index contributed by atoms with van der Waals surface area (Å²) in [5.41, 5.74) is 1.17. The summed E-state index contributed by atoms with van der Waals surface area (Å²) < 4.78 is 0.830. The number of hydrogen-bond acceptors (Lipinski definition) is 2. The van der Waals surface area contributed by atoms with E-state index in [2.05, 4.69) is 11.8 Å². The molecule has 1 aromatic heterocycles. The van der Waals surface area contributed by atoms with Crippen molar-refractivity contribution in [2.45, 2.75) is 19.8 Å². The standard InChI is InChI=1S/C11H16N2O/c1-10-3-2-6-12(9-10)11-4-7-13(14)8-5-11/h4-5,7-8,10H,2-3,6,9H2,1H3. The highest BCUT2D eigenvalue weighted by Gasteiger charge is 2.16. The van der Waals surface area contributed by atoms with Gasteiger partial charge in [-0.25, -0.2) is 0 Å². The first-order chi connectivity index (χ1) is 6.75. The molecule has 76 valence electrons. The summed E-state index contributed by atoms with van der Waals surface area (Å²) in [5.74, 6) is 0.767. The Kier molecular flexibility index (Phi) is 2.57. The van der Waals surface area contributed by atoms with E-state index in [0.717, 1.165) is 23.7 Å². The summed E-state index contributed by atoms with van der Waals surface area (Å²) in [6.45, 7) is 4.51. The Labute approximate surface area is 84.6 Å². The molecular weight excluding hydrogens is 176 g/mol. The maximum atomic E-state index is 10.9. The van der Waals surface area contributed by atoms with Gasteiger partial charge in [0.05, 0.1) is 0 Å². The quantitative estimate of drug-likeness (QED) is 0.499. The van der Waals surface area contributed by atoms with Crippen molar-refractivity contribution in [3.05, 3.63) is 29.7 Å². The number of piperidine rings is 1. The fraction of sp³-hybridized carbons (Fsp3) is 0.545. The molecule has 1 unspecified atom stereocenters. The van der Waals surface area contributed by atoms with Gasteiger partial charge in [-0.15, -0.1) is 0 Å². The molecule has 1 aliphatic rings. The Balaban J connectivity index is 2.10. The molecule has 0 bridgehead atoms. The van der Waals surface area contributed by atoms with Crippen LogP contribution in [0.25, 0.3) is 0 Å². The molecule has 0 aliphatic carbocycles. The van der Waals surface area contributed by atoms with Crippen LogP contribution in [-0.4, -0.2) is 13.1 Å². The summed E-state index contributed by atoms with van der Waals surface area (Å²) in [6, 6.07) is 3.79. The highest BCUT2D eigenvalue weighted by molar-refractivity contribution is 5.44. The van der Waals surface area contributed by atoms with Gasteiger partial charge in [0.15, 0.2) is 12.4 Å². The lowest BCUT2D eigenvalue weighted by molar-refractivity contribution is -0.605. The third-order valence-corrected chi connectivity index (χ3v) is 2.81. The minimum atomic E-state index is 0.767. The molecule has 1 aliphatic heterocycles. The van der Waals surface area contributed by atoms with Crippen molar-refractivity contribution in [1.82, 2.24) is 0 Å². The second-order valence-electron chi connectivity index (χ2n) is 4.11. The number of rotatable bonds is 1. The second kappa shape index (κ2) is 3.86. The van der Waals surface area contributed by atoms with Crippen molar-refractivity contribution < 1.29 is 4.73 Å². The van der Waals surface area contributed by atoms with Crippen molar-refractivity contribution in [1.29, 1.82) is 0 Å².